The van der Waals surface area contributed by atoms with Crippen molar-refractivity contribution in [2.75, 3.05) is 13.1 Å². The molecule has 0 unspecified atom stereocenters. The number of aromatic nitrogens is 3. The van der Waals surface area contributed by atoms with Gasteiger partial charge in [-0.1, -0.05) is 6.07 Å². The highest BCUT2D eigenvalue weighted by Gasteiger charge is 2.40. The van der Waals surface area contributed by atoms with Gasteiger partial charge in [-0.3, -0.25) is 4.79 Å². The third-order valence-corrected chi connectivity index (χ3v) is 6.15. The molecule has 2 aromatic rings. The molecule has 0 aliphatic carbocycles. The van der Waals surface area contributed by atoms with Gasteiger partial charge in [0.05, 0.1) is 6.20 Å². The predicted octanol–water partition coefficient (Wildman–Crippen LogP) is 1.01. The number of hydrogen-bond acceptors (Lipinski definition) is 5. The number of halogens is 2. The molecule has 3 rings (SSSR count). The maximum atomic E-state index is 14.0. The summed E-state index contributed by atoms with van der Waals surface area (Å²) >= 11 is 0. The number of carbonyl (C=O) groups excluding carboxylic acids is 1. The minimum absolute atomic E-state index is 0.0932. The number of aromatic amines is 1. The highest BCUT2D eigenvalue weighted by molar-refractivity contribution is 7.89. The normalized spacial score (nSPS) is 21.8. The van der Waals surface area contributed by atoms with Crippen LogP contribution in [0.2, 0.25) is 0 Å². The van der Waals surface area contributed by atoms with Gasteiger partial charge in [0.15, 0.2) is 10.6 Å². The molecule has 140 valence electrons. The summed E-state index contributed by atoms with van der Waals surface area (Å²) in [5.41, 5.74) is 0.111. The van der Waals surface area contributed by atoms with Gasteiger partial charge in [-0.25, -0.2) is 17.2 Å². The minimum atomic E-state index is -4.38. The summed E-state index contributed by atoms with van der Waals surface area (Å²) in [7, 11) is -4.38. The number of carbonyl (C=O) groups is 1. The van der Waals surface area contributed by atoms with Gasteiger partial charge in [-0.2, -0.15) is 19.7 Å². The third-order valence-electron chi connectivity index (χ3n) is 4.27. The van der Waals surface area contributed by atoms with Gasteiger partial charge >= 0.3 is 0 Å². The van der Waals surface area contributed by atoms with Crippen LogP contribution in [0.5, 0.6) is 0 Å². The number of piperazine rings is 1. The van der Waals surface area contributed by atoms with E-state index < -0.39 is 44.5 Å². The van der Waals surface area contributed by atoms with Gasteiger partial charge in [0.1, 0.15) is 11.6 Å². The van der Waals surface area contributed by atoms with Crippen LogP contribution in [-0.2, 0) is 10.0 Å². The molecule has 1 N–H and O–H groups in total. The average Bonchev–Trinajstić information content (AvgIpc) is 3.08. The molecule has 11 heteroatoms. The van der Waals surface area contributed by atoms with Crippen LogP contribution in [0.1, 0.15) is 24.3 Å². The molecular formula is C15H17F2N5O3S. The summed E-state index contributed by atoms with van der Waals surface area (Å²) in [5.74, 6) is -2.69. The van der Waals surface area contributed by atoms with E-state index in [-0.39, 0.29) is 18.8 Å². The largest absolute Gasteiger partial charge is 0.329 e. The van der Waals surface area contributed by atoms with Crippen LogP contribution in [0.4, 0.5) is 8.78 Å². The van der Waals surface area contributed by atoms with E-state index in [1.165, 1.54) is 11.1 Å². The highest BCUT2D eigenvalue weighted by atomic mass is 32.2. The fourth-order valence-corrected chi connectivity index (χ4v) is 4.88. The van der Waals surface area contributed by atoms with E-state index in [2.05, 4.69) is 15.4 Å². The molecule has 2 atom stereocenters. The van der Waals surface area contributed by atoms with E-state index in [0.717, 1.165) is 22.5 Å². The van der Waals surface area contributed by atoms with E-state index in [1.54, 1.807) is 13.8 Å². The van der Waals surface area contributed by atoms with Crippen molar-refractivity contribution in [2.24, 2.45) is 0 Å². The third kappa shape index (κ3) is 3.07. The topological polar surface area (TPSA) is 99.3 Å². The summed E-state index contributed by atoms with van der Waals surface area (Å²) in [5, 5.41) is 9.68. The van der Waals surface area contributed by atoms with Crippen molar-refractivity contribution in [3.05, 3.63) is 41.7 Å². The van der Waals surface area contributed by atoms with Gasteiger partial charge in [0.25, 0.3) is 5.91 Å². The fraction of sp³-hybridized carbons (Fsp3) is 0.400. The zero-order valence-electron chi connectivity index (χ0n) is 14.1. The fourth-order valence-electron chi connectivity index (χ4n) is 3.17. The van der Waals surface area contributed by atoms with Gasteiger partial charge in [0, 0.05) is 25.2 Å². The van der Waals surface area contributed by atoms with Crippen LogP contribution in [0.25, 0.3) is 0 Å². The summed E-state index contributed by atoms with van der Waals surface area (Å²) in [6.45, 7) is 3.13. The number of nitrogens with one attached hydrogen (secondary N) is 1. The average molecular weight is 385 g/mol. The lowest BCUT2D eigenvalue weighted by Gasteiger charge is -2.43. The zero-order chi connectivity index (χ0) is 19.1. The molecule has 1 aromatic heterocycles. The lowest BCUT2D eigenvalue weighted by atomic mass is 10.1. The van der Waals surface area contributed by atoms with Crippen molar-refractivity contribution >= 4 is 15.9 Å². The smallest absolute Gasteiger partial charge is 0.276 e. The highest BCUT2D eigenvalue weighted by Crippen LogP contribution is 2.27. The predicted molar refractivity (Wildman–Crippen MR) is 86.6 cm³/mol. The Kier molecular flexibility index (Phi) is 4.76. The molecule has 8 nitrogen and oxygen atoms in total. The lowest BCUT2D eigenvalue weighted by Crippen LogP contribution is -2.59. The lowest BCUT2D eigenvalue weighted by molar-refractivity contribution is 0.0434. The zero-order valence-corrected chi connectivity index (χ0v) is 14.9. The molecule has 1 aromatic carbocycles. The molecular weight excluding hydrogens is 368 g/mol. The van der Waals surface area contributed by atoms with Crippen molar-refractivity contribution in [2.45, 2.75) is 30.8 Å². The Morgan fingerprint density at radius 1 is 1.19 bits per heavy atom. The second-order valence-corrected chi connectivity index (χ2v) is 8.01. The molecule has 2 heterocycles. The van der Waals surface area contributed by atoms with Crippen LogP contribution >= 0.6 is 0 Å². The second-order valence-electron chi connectivity index (χ2n) is 6.14. The summed E-state index contributed by atoms with van der Waals surface area (Å²) in [4.78, 5) is 13.0. The van der Waals surface area contributed by atoms with Crippen molar-refractivity contribution in [3.63, 3.8) is 0 Å². The summed E-state index contributed by atoms with van der Waals surface area (Å²) < 4.78 is 54.4. The number of hydrogen-bond donors (Lipinski definition) is 1. The van der Waals surface area contributed by atoms with Gasteiger partial charge in [-0.15, -0.1) is 0 Å². The van der Waals surface area contributed by atoms with E-state index in [4.69, 9.17) is 0 Å². The number of amides is 1. The number of benzene rings is 1. The molecule has 1 amide bonds. The SMILES string of the molecule is C[C@@H]1CN(S(=O)(=O)c2c(F)cccc2F)C[C@H](C)N1C(=O)c1cn[nH]n1. The summed E-state index contributed by atoms with van der Waals surface area (Å²) in [6.07, 6.45) is 1.28. The number of H-pyrrole nitrogens is 1. The van der Waals surface area contributed by atoms with E-state index in [9.17, 15) is 22.0 Å². The Balaban J connectivity index is 1.88. The molecule has 1 fully saturated rings. The molecule has 0 radical (unpaired) electrons. The minimum Gasteiger partial charge on any atom is -0.329 e. The van der Waals surface area contributed by atoms with Crippen LogP contribution in [0, 0.1) is 11.6 Å². The first-order valence-electron chi connectivity index (χ1n) is 7.86. The first-order chi connectivity index (χ1) is 12.2. The Labute approximate surface area is 148 Å². The molecule has 26 heavy (non-hydrogen) atoms. The Morgan fingerprint density at radius 3 is 2.27 bits per heavy atom. The van der Waals surface area contributed by atoms with Crippen LogP contribution < -0.4 is 0 Å². The molecule has 1 aliphatic rings. The van der Waals surface area contributed by atoms with E-state index in [1.807, 2.05) is 0 Å². The second kappa shape index (κ2) is 6.72. The first-order valence-corrected chi connectivity index (χ1v) is 9.30. The molecule has 1 aliphatic heterocycles. The molecule has 0 bridgehead atoms. The van der Waals surface area contributed by atoms with Gasteiger partial charge < -0.3 is 4.90 Å². The quantitative estimate of drug-likeness (QED) is 0.850. The van der Waals surface area contributed by atoms with Crippen LogP contribution in [0.3, 0.4) is 0 Å². The number of nitrogens with zero attached hydrogens (tertiary/aromatic N) is 4. The van der Waals surface area contributed by atoms with E-state index in [0.29, 0.717) is 0 Å². The van der Waals surface area contributed by atoms with Gasteiger partial charge in [0.2, 0.25) is 10.0 Å². The molecule has 0 spiro atoms. The van der Waals surface area contributed by atoms with Crippen molar-refractivity contribution in [1.29, 1.82) is 0 Å². The Morgan fingerprint density at radius 2 is 1.77 bits per heavy atom. The first kappa shape index (κ1) is 18.4. The van der Waals surface area contributed by atoms with Crippen molar-refractivity contribution < 1.29 is 22.0 Å². The van der Waals surface area contributed by atoms with Crippen LogP contribution in [0.15, 0.2) is 29.3 Å². The van der Waals surface area contributed by atoms with Crippen molar-refractivity contribution in [3.8, 4) is 0 Å². The van der Waals surface area contributed by atoms with E-state index >= 15 is 0 Å². The number of rotatable bonds is 3. The Bertz CT molecular complexity index is 887. The monoisotopic (exact) mass is 385 g/mol. The molecule has 0 saturated carbocycles. The number of sulfonamides is 1. The molecule has 1 saturated heterocycles. The Hall–Kier alpha value is -2.40. The standard InChI is InChI=1S/C15H17F2N5O3S/c1-9-7-21(26(24,25)14-11(16)4-3-5-12(14)17)8-10(2)22(9)15(23)13-6-18-20-19-13/h3-6,9-10H,7-8H2,1-2H3,(H,18,19,20)/t9-,10+. The maximum Gasteiger partial charge on any atom is 0.276 e. The maximum absolute atomic E-state index is 14.0. The van der Waals surface area contributed by atoms with Crippen LogP contribution in [-0.4, -0.2) is 64.1 Å². The van der Waals surface area contributed by atoms with Gasteiger partial charge in [-0.05, 0) is 26.0 Å². The van der Waals surface area contributed by atoms with Crippen molar-refractivity contribution in [1.82, 2.24) is 24.6 Å². The summed E-state index contributed by atoms with van der Waals surface area (Å²) in [6, 6.07) is 1.85.